The summed E-state index contributed by atoms with van der Waals surface area (Å²) in [6.07, 6.45) is 2.99. The SMILES string of the molecule is CSc1ccccc1NC(=O)[C@H](C)N(c1cc(Cl)ccc1C)S(C)(=O)=O. The van der Waals surface area contributed by atoms with Crippen molar-refractivity contribution in [3.05, 3.63) is 53.1 Å². The number of anilines is 2. The van der Waals surface area contributed by atoms with Crippen LogP contribution in [0, 0.1) is 6.92 Å². The van der Waals surface area contributed by atoms with Gasteiger partial charge in [0.2, 0.25) is 15.9 Å². The summed E-state index contributed by atoms with van der Waals surface area (Å²) in [7, 11) is -3.70. The van der Waals surface area contributed by atoms with E-state index in [1.807, 2.05) is 24.5 Å². The quantitative estimate of drug-likeness (QED) is 0.723. The fourth-order valence-electron chi connectivity index (χ4n) is 2.59. The Hall–Kier alpha value is -1.70. The van der Waals surface area contributed by atoms with E-state index in [1.54, 1.807) is 38.1 Å². The second-order valence-electron chi connectivity index (χ2n) is 5.86. The van der Waals surface area contributed by atoms with Crippen molar-refractivity contribution in [1.82, 2.24) is 0 Å². The lowest BCUT2D eigenvalue weighted by Gasteiger charge is -2.29. The Morgan fingerprint density at radius 2 is 1.88 bits per heavy atom. The summed E-state index contributed by atoms with van der Waals surface area (Å²) in [5.74, 6) is -0.420. The maximum atomic E-state index is 12.8. The van der Waals surface area contributed by atoms with Gasteiger partial charge in [-0.1, -0.05) is 29.8 Å². The Labute approximate surface area is 163 Å². The fourth-order valence-corrected chi connectivity index (χ4v) is 4.53. The van der Waals surface area contributed by atoms with Gasteiger partial charge in [0.25, 0.3) is 0 Å². The summed E-state index contributed by atoms with van der Waals surface area (Å²) in [4.78, 5) is 13.7. The predicted molar refractivity (Wildman–Crippen MR) is 110 cm³/mol. The molecule has 1 atom stereocenters. The molecule has 0 aromatic heterocycles. The zero-order valence-electron chi connectivity index (χ0n) is 15.0. The second-order valence-corrected chi connectivity index (χ2v) is 9.00. The summed E-state index contributed by atoms with van der Waals surface area (Å²) < 4.78 is 25.9. The van der Waals surface area contributed by atoms with Crippen LogP contribution < -0.4 is 9.62 Å². The zero-order chi connectivity index (χ0) is 19.5. The van der Waals surface area contributed by atoms with E-state index in [9.17, 15) is 13.2 Å². The number of hydrogen-bond acceptors (Lipinski definition) is 4. The number of halogens is 1. The van der Waals surface area contributed by atoms with Gasteiger partial charge >= 0.3 is 0 Å². The molecule has 0 saturated carbocycles. The van der Waals surface area contributed by atoms with Crippen molar-refractivity contribution < 1.29 is 13.2 Å². The summed E-state index contributed by atoms with van der Waals surface area (Å²) >= 11 is 7.54. The third-order valence-corrected chi connectivity index (χ3v) is 6.12. The number of hydrogen-bond donors (Lipinski definition) is 1. The van der Waals surface area contributed by atoms with Crippen molar-refractivity contribution in [2.75, 3.05) is 22.1 Å². The van der Waals surface area contributed by atoms with Gasteiger partial charge in [-0.2, -0.15) is 0 Å². The maximum Gasteiger partial charge on any atom is 0.248 e. The Morgan fingerprint density at radius 3 is 2.50 bits per heavy atom. The molecule has 140 valence electrons. The maximum absolute atomic E-state index is 12.8. The number of nitrogens with one attached hydrogen (secondary N) is 1. The molecule has 0 aliphatic carbocycles. The minimum Gasteiger partial charge on any atom is -0.323 e. The van der Waals surface area contributed by atoms with Crippen LogP contribution >= 0.6 is 23.4 Å². The number of rotatable bonds is 6. The van der Waals surface area contributed by atoms with E-state index in [0.717, 1.165) is 15.5 Å². The van der Waals surface area contributed by atoms with Crippen LogP contribution in [0.1, 0.15) is 12.5 Å². The number of benzene rings is 2. The highest BCUT2D eigenvalue weighted by Crippen LogP contribution is 2.29. The largest absolute Gasteiger partial charge is 0.323 e. The minimum atomic E-state index is -3.70. The smallest absolute Gasteiger partial charge is 0.248 e. The Balaban J connectivity index is 2.40. The normalized spacial score (nSPS) is 12.5. The zero-order valence-corrected chi connectivity index (χ0v) is 17.4. The highest BCUT2D eigenvalue weighted by atomic mass is 35.5. The van der Waals surface area contributed by atoms with Crippen LogP contribution in [0.3, 0.4) is 0 Å². The molecule has 0 aliphatic rings. The van der Waals surface area contributed by atoms with Gasteiger partial charge < -0.3 is 5.32 Å². The molecule has 0 heterocycles. The van der Waals surface area contributed by atoms with Gasteiger partial charge in [-0.15, -0.1) is 11.8 Å². The fraction of sp³-hybridized carbons (Fsp3) is 0.278. The molecular formula is C18H21ClN2O3S2. The number of para-hydroxylation sites is 1. The number of carbonyl (C=O) groups is 1. The molecule has 0 aliphatic heterocycles. The lowest BCUT2D eigenvalue weighted by Crippen LogP contribution is -2.45. The molecule has 0 spiro atoms. The molecule has 2 aromatic carbocycles. The average Bonchev–Trinajstić information content (AvgIpc) is 2.57. The van der Waals surface area contributed by atoms with Gasteiger partial charge in [-0.25, -0.2) is 8.42 Å². The van der Waals surface area contributed by atoms with Crippen LogP contribution in [0.4, 0.5) is 11.4 Å². The summed E-state index contributed by atoms with van der Waals surface area (Å²) in [6, 6.07) is 11.4. The van der Waals surface area contributed by atoms with E-state index in [1.165, 1.54) is 11.8 Å². The van der Waals surface area contributed by atoms with Gasteiger partial charge in [0.05, 0.1) is 17.6 Å². The first-order chi connectivity index (χ1) is 12.1. The molecule has 0 bridgehead atoms. The van der Waals surface area contributed by atoms with Crippen molar-refractivity contribution in [2.24, 2.45) is 0 Å². The molecule has 0 saturated heterocycles. The van der Waals surface area contributed by atoms with Crippen LogP contribution in [0.25, 0.3) is 0 Å². The van der Waals surface area contributed by atoms with Crippen molar-refractivity contribution in [3.8, 4) is 0 Å². The highest BCUT2D eigenvalue weighted by molar-refractivity contribution is 7.98. The molecule has 8 heteroatoms. The van der Waals surface area contributed by atoms with Crippen LogP contribution in [0.2, 0.25) is 5.02 Å². The molecule has 1 amide bonds. The summed E-state index contributed by atoms with van der Waals surface area (Å²) in [5.41, 5.74) is 1.75. The van der Waals surface area contributed by atoms with E-state index in [4.69, 9.17) is 11.6 Å². The summed E-state index contributed by atoms with van der Waals surface area (Å²) in [6.45, 7) is 3.33. The number of aryl methyl sites for hydroxylation is 1. The Bertz CT molecular complexity index is 916. The molecule has 0 radical (unpaired) electrons. The number of thioether (sulfide) groups is 1. The summed E-state index contributed by atoms with van der Waals surface area (Å²) in [5, 5.41) is 3.22. The first-order valence-corrected chi connectivity index (χ1v) is 11.3. The van der Waals surface area contributed by atoms with E-state index in [2.05, 4.69) is 5.32 Å². The molecule has 2 rings (SSSR count). The van der Waals surface area contributed by atoms with Crippen molar-refractivity contribution in [1.29, 1.82) is 0 Å². The monoisotopic (exact) mass is 412 g/mol. The Kier molecular flexibility index (Phi) is 6.60. The van der Waals surface area contributed by atoms with Crippen LogP contribution in [0.5, 0.6) is 0 Å². The minimum absolute atomic E-state index is 0.390. The van der Waals surface area contributed by atoms with Gasteiger partial charge in [0.15, 0.2) is 0 Å². The molecule has 2 aromatic rings. The molecule has 0 fully saturated rings. The van der Waals surface area contributed by atoms with Crippen molar-refractivity contribution >= 4 is 50.7 Å². The lowest BCUT2D eigenvalue weighted by molar-refractivity contribution is -0.116. The third kappa shape index (κ3) is 4.72. The Morgan fingerprint density at radius 1 is 1.23 bits per heavy atom. The standard InChI is InChI=1S/C18H21ClN2O3S2/c1-12-9-10-14(19)11-16(12)21(26(4,23)24)13(2)18(22)20-15-7-5-6-8-17(15)25-3/h5-11,13H,1-4H3,(H,20,22)/t13-/m0/s1. The van der Waals surface area contributed by atoms with Gasteiger partial charge in [0, 0.05) is 9.92 Å². The van der Waals surface area contributed by atoms with E-state index in [-0.39, 0.29) is 0 Å². The van der Waals surface area contributed by atoms with E-state index < -0.39 is 22.0 Å². The highest BCUT2D eigenvalue weighted by Gasteiger charge is 2.30. The van der Waals surface area contributed by atoms with Crippen molar-refractivity contribution in [2.45, 2.75) is 24.8 Å². The van der Waals surface area contributed by atoms with Crippen molar-refractivity contribution in [3.63, 3.8) is 0 Å². The van der Waals surface area contributed by atoms with Crippen LogP contribution in [-0.4, -0.2) is 32.9 Å². The first-order valence-electron chi connectivity index (χ1n) is 7.84. The van der Waals surface area contributed by atoms with E-state index in [0.29, 0.717) is 22.0 Å². The number of sulfonamides is 1. The van der Waals surface area contributed by atoms with Gasteiger partial charge in [-0.3, -0.25) is 9.10 Å². The van der Waals surface area contributed by atoms with E-state index >= 15 is 0 Å². The molecule has 1 N–H and O–H groups in total. The first kappa shape index (κ1) is 20.6. The number of nitrogens with zero attached hydrogens (tertiary/aromatic N) is 1. The van der Waals surface area contributed by atoms with Crippen LogP contribution in [0.15, 0.2) is 47.4 Å². The van der Waals surface area contributed by atoms with Gasteiger partial charge in [0.1, 0.15) is 6.04 Å². The molecular weight excluding hydrogens is 392 g/mol. The van der Waals surface area contributed by atoms with Crippen LogP contribution in [-0.2, 0) is 14.8 Å². The average molecular weight is 413 g/mol. The lowest BCUT2D eigenvalue weighted by atomic mass is 10.1. The number of amides is 1. The third-order valence-electron chi connectivity index (χ3n) is 3.86. The van der Waals surface area contributed by atoms with Gasteiger partial charge in [-0.05, 0) is 49.9 Å². The second kappa shape index (κ2) is 8.33. The molecule has 26 heavy (non-hydrogen) atoms. The predicted octanol–water partition coefficient (Wildman–Crippen LogP) is 4.16. The molecule has 5 nitrogen and oxygen atoms in total. The number of carbonyl (C=O) groups excluding carboxylic acids is 1. The molecule has 0 unspecified atom stereocenters. The topological polar surface area (TPSA) is 66.5 Å².